The maximum atomic E-state index is 13.3. The molecule has 1 atom stereocenters. The zero-order valence-electron chi connectivity index (χ0n) is 18.1. The van der Waals surface area contributed by atoms with Gasteiger partial charge in [0.05, 0.1) is 29.5 Å². The lowest BCUT2D eigenvalue weighted by molar-refractivity contribution is -0.142. The van der Waals surface area contributed by atoms with E-state index in [-0.39, 0.29) is 24.3 Å². The summed E-state index contributed by atoms with van der Waals surface area (Å²) in [5.41, 5.74) is 1.51. The highest BCUT2D eigenvalue weighted by Crippen LogP contribution is 2.35. The van der Waals surface area contributed by atoms with Crippen LogP contribution in [0.15, 0.2) is 48.9 Å². The summed E-state index contributed by atoms with van der Waals surface area (Å²) in [6.07, 6.45) is 5.77. The number of carbonyl (C=O) groups is 3. The highest BCUT2D eigenvalue weighted by Gasteiger charge is 2.51. The number of nitrogens with zero attached hydrogens (tertiary/aromatic N) is 6. The average Bonchev–Trinajstić information content (AvgIpc) is 3.41. The van der Waals surface area contributed by atoms with Crippen molar-refractivity contribution in [1.29, 1.82) is 0 Å². The van der Waals surface area contributed by atoms with Crippen molar-refractivity contribution in [2.24, 2.45) is 7.05 Å². The van der Waals surface area contributed by atoms with Crippen molar-refractivity contribution in [3.05, 3.63) is 54.5 Å². The van der Waals surface area contributed by atoms with E-state index >= 15 is 0 Å². The fourth-order valence-corrected chi connectivity index (χ4v) is 4.85. The molecule has 1 unspecified atom stereocenters. The van der Waals surface area contributed by atoms with Gasteiger partial charge in [0.2, 0.25) is 11.8 Å². The van der Waals surface area contributed by atoms with Crippen LogP contribution in [0.1, 0.15) is 23.7 Å². The molecule has 0 N–H and O–H groups in total. The Morgan fingerprint density at radius 3 is 2.75 bits per heavy atom. The Labute approximate surface area is 185 Å². The van der Waals surface area contributed by atoms with Gasteiger partial charge < -0.3 is 14.7 Å². The third kappa shape index (κ3) is 3.30. The monoisotopic (exact) mass is 432 g/mol. The fourth-order valence-electron chi connectivity index (χ4n) is 4.85. The Morgan fingerprint density at radius 2 is 2.00 bits per heavy atom. The number of piperazine rings is 1. The van der Waals surface area contributed by atoms with Gasteiger partial charge in [0, 0.05) is 50.4 Å². The topological polar surface area (TPSA) is 91.6 Å². The first-order valence-corrected chi connectivity index (χ1v) is 10.6. The van der Waals surface area contributed by atoms with Crippen LogP contribution in [0.25, 0.3) is 10.9 Å². The zero-order valence-corrected chi connectivity index (χ0v) is 18.1. The maximum absolute atomic E-state index is 13.3. The van der Waals surface area contributed by atoms with Gasteiger partial charge in [0.1, 0.15) is 6.54 Å². The molecular formula is C23H24N6O3. The second kappa shape index (κ2) is 7.44. The third-order valence-corrected chi connectivity index (χ3v) is 6.47. The number of fused-ring (bicyclic) bond motifs is 1. The van der Waals surface area contributed by atoms with E-state index in [2.05, 4.69) is 10.1 Å². The fraction of sp³-hybridized carbons (Fsp3) is 0.348. The number of aryl methyl sites for hydroxylation is 1. The Kier molecular flexibility index (Phi) is 4.69. The first kappa shape index (κ1) is 20.2. The number of carbonyl (C=O) groups excluding carboxylic acids is 3. The van der Waals surface area contributed by atoms with E-state index in [4.69, 9.17) is 0 Å². The lowest BCUT2D eigenvalue weighted by atomic mass is 9.92. The van der Waals surface area contributed by atoms with E-state index < -0.39 is 5.54 Å². The first-order chi connectivity index (χ1) is 15.4. The molecule has 5 rings (SSSR count). The Hall–Kier alpha value is -3.75. The van der Waals surface area contributed by atoms with Gasteiger partial charge in [-0.15, -0.1) is 0 Å². The van der Waals surface area contributed by atoms with Gasteiger partial charge in [0.25, 0.3) is 5.91 Å². The number of benzene rings is 1. The van der Waals surface area contributed by atoms with Crippen molar-refractivity contribution >= 4 is 34.3 Å². The van der Waals surface area contributed by atoms with Gasteiger partial charge in [-0.1, -0.05) is 6.07 Å². The molecular weight excluding hydrogens is 408 g/mol. The lowest BCUT2D eigenvalue weighted by Gasteiger charge is -2.47. The summed E-state index contributed by atoms with van der Waals surface area (Å²) in [5.74, 6) is -0.387. The average molecular weight is 432 g/mol. The SMILES string of the molecule is CC(=O)N1CC(=O)N(c2cnn(C)c2)CC12CCN(C(=O)c1ccc3ncccc3c1)C2. The molecule has 0 saturated carbocycles. The normalized spacial score (nSPS) is 21.1. The largest absolute Gasteiger partial charge is 0.336 e. The molecule has 3 aromatic rings. The van der Waals surface area contributed by atoms with Crippen LogP contribution in [0.2, 0.25) is 0 Å². The molecule has 2 saturated heterocycles. The van der Waals surface area contributed by atoms with Gasteiger partial charge in [-0.3, -0.25) is 24.0 Å². The number of likely N-dealkylation sites (tertiary alicyclic amines) is 1. The lowest BCUT2D eigenvalue weighted by Crippen LogP contribution is -2.67. The van der Waals surface area contributed by atoms with E-state index in [0.717, 1.165) is 10.9 Å². The molecule has 2 aliphatic rings. The molecule has 1 spiro atoms. The predicted molar refractivity (Wildman–Crippen MR) is 118 cm³/mol. The molecule has 0 radical (unpaired) electrons. The van der Waals surface area contributed by atoms with Gasteiger partial charge in [-0.25, -0.2) is 0 Å². The van der Waals surface area contributed by atoms with Crippen molar-refractivity contribution in [2.75, 3.05) is 31.1 Å². The molecule has 0 bridgehead atoms. The summed E-state index contributed by atoms with van der Waals surface area (Å²) in [4.78, 5) is 48.0. The molecule has 2 aromatic heterocycles. The molecule has 2 aliphatic heterocycles. The smallest absolute Gasteiger partial charge is 0.253 e. The van der Waals surface area contributed by atoms with Crippen molar-refractivity contribution in [3.8, 4) is 0 Å². The molecule has 9 nitrogen and oxygen atoms in total. The van der Waals surface area contributed by atoms with E-state index in [1.54, 1.807) is 51.1 Å². The van der Waals surface area contributed by atoms with E-state index in [0.29, 0.717) is 37.3 Å². The molecule has 0 aliphatic carbocycles. The van der Waals surface area contributed by atoms with Crippen LogP contribution in [0, 0.1) is 0 Å². The zero-order chi connectivity index (χ0) is 22.5. The number of amides is 3. The number of pyridine rings is 1. The Morgan fingerprint density at radius 1 is 1.16 bits per heavy atom. The second-order valence-electron chi connectivity index (χ2n) is 8.57. The molecule has 4 heterocycles. The highest BCUT2D eigenvalue weighted by atomic mass is 16.2. The molecule has 3 amide bonds. The Bertz CT molecular complexity index is 1240. The van der Waals surface area contributed by atoms with Crippen LogP contribution < -0.4 is 4.90 Å². The van der Waals surface area contributed by atoms with Crippen molar-refractivity contribution < 1.29 is 14.4 Å². The minimum Gasteiger partial charge on any atom is -0.336 e. The summed E-state index contributed by atoms with van der Waals surface area (Å²) in [5, 5.41) is 5.08. The molecule has 32 heavy (non-hydrogen) atoms. The van der Waals surface area contributed by atoms with Crippen molar-refractivity contribution in [1.82, 2.24) is 24.6 Å². The number of hydrogen-bond donors (Lipinski definition) is 0. The van der Waals surface area contributed by atoms with Gasteiger partial charge in [-0.05, 0) is 30.7 Å². The van der Waals surface area contributed by atoms with Crippen LogP contribution in [-0.4, -0.2) is 74.0 Å². The van der Waals surface area contributed by atoms with Gasteiger partial charge >= 0.3 is 0 Å². The van der Waals surface area contributed by atoms with Crippen LogP contribution in [0.3, 0.4) is 0 Å². The van der Waals surface area contributed by atoms with Crippen LogP contribution in [-0.2, 0) is 16.6 Å². The second-order valence-corrected chi connectivity index (χ2v) is 8.57. The summed E-state index contributed by atoms with van der Waals surface area (Å²) >= 11 is 0. The van der Waals surface area contributed by atoms with Crippen LogP contribution in [0.4, 0.5) is 5.69 Å². The van der Waals surface area contributed by atoms with Gasteiger partial charge in [-0.2, -0.15) is 5.10 Å². The Balaban J connectivity index is 1.43. The quantitative estimate of drug-likeness (QED) is 0.611. The summed E-state index contributed by atoms with van der Waals surface area (Å²) in [6, 6.07) is 9.26. The van der Waals surface area contributed by atoms with Crippen LogP contribution in [0.5, 0.6) is 0 Å². The third-order valence-electron chi connectivity index (χ3n) is 6.47. The van der Waals surface area contributed by atoms with Gasteiger partial charge in [0.15, 0.2) is 0 Å². The molecule has 164 valence electrons. The number of rotatable bonds is 2. The molecule has 9 heteroatoms. The molecule has 1 aromatic carbocycles. The van der Waals surface area contributed by atoms with E-state index in [9.17, 15) is 14.4 Å². The summed E-state index contributed by atoms with van der Waals surface area (Å²) < 4.78 is 1.64. The standard InChI is InChI=1S/C23H24N6O3/c1-16(30)29-13-21(31)28(19-11-25-26(2)12-19)15-23(29)7-9-27(14-23)22(32)18-5-6-20-17(10-18)4-3-8-24-20/h3-6,8,10-12H,7,9,13-15H2,1-2H3. The van der Waals surface area contributed by atoms with Crippen molar-refractivity contribution in [3.63, 3.8) is 0 Å². The summed E-state index contributed by atoms with van der Waals surface area (Å²) in [6.45, 7) is 2.70. The maximum Gasteiger partial charge on any atom is 0.253 e. The van der Waals surface area contributed by atoms with Crippen molar-refractivity contribution in [2.45, 2.75) is 18.9 Å². The van der Waals surface area contributed by atoms with E-state index in [1.165, 1.54) is 6.92 Å². The van der Waals surface area contributed by atoms with E-state index in [1.807, 2.05) is 24.3 Å². The highest BCUT2D eigenvalue weighted by molar-refractivity contribution is 6.00. The van der Waals surface area contributed by atoms with Crippen LogP contribution >= 0.6 is 0 Å². The molecule has 2 fully saturated rings. The number of anilines is 1. The predicted octanol–water partition coefficient (Wildman–Crippen LogP) is 1.45. The number of hydrogen-bond acceptors (Lipinski definition) is 5. The summed E-state index contributed by atoms with van der Waals surface area (Å²) in [7, 11) is 1.80. The first-order valence-electron chi connectivity index (χ1n) is 10.6. The minimum absolute atomic E-state index is 0.00605. The minimum atomic E-state index is -0.621. The number of aromatic nitrogens is 3.